The Labute approximate surface area is 760 Å². The molecule has 0 saturated heterocycles. The van der Waals surface area contributed by atoms with Crippen molar-refractivity contribution in [2.75, 3.05) is 0 Å². The number of aromatic nitrogens is 3. The van der Waals surface area contributed by atoms with E-state index >= 15 is 0 Å². The number of benzene rings is 23. The Balaban J connectivity index is 0.000000109. The second-order valence-electron chi connectivity index (χ2n) is 34.1. The van der Waals surface area contributed by atoms with Gasteiger partial charge in [0.1, 0.15) is 0 Å². The molecule has 0 unspecified atom stereocenters. The van der Waals surface area contributed by atoms with E-state index in [1.54, 1.807) is 0 Å². The number of hydrogen-bond acceptors (Lipinski definition) is 0. The highest BCUT2D eigenvalue weighted by Crippen LogP contribution is 2.46. The summed E-state index contributed by atoms with van der Waals surface area (Å²) in [5, 5.41) is 20.4. The van der Waals surface area contributed by atoms with Crippen molar-refractivity contribution in [2.45, 2.75) is 0 Å². The maximum Gasteiger partial charge on any atom is 0.0541 e. The van der Waals surface area contributed by atoms with Crippen LogP contribution in [-0.4, -0.2) is 13.7 Å². The molecular formula is C128H85N3. The second kappa shape index (κ2) is 33.3. The van der Waals surface area contributed by atoms with E-state index in [9.17, 15) is 0 Å². The van der Waals surface area contributed by atoms with Gasteiger partial charge in [0, 0.05) is 49.4 Å². The van der Waals surface area contributed by atoms with E-state index in [1.807, 2.05) is 0 Å². The van der Waals surface area contributed by atoms with Crippen molar-refractivity contribution in [2.24, 2.45) is 0 Å². The molecule has 3 nitrogen and oxygen atoms in total. The van der Waals surface area contributed by atoms with Gasteiger partial charge in [0.2, 0.25) is 0 Å². The molecule has 0 spiro atoms. The first-order valence-corrected chi connectivity index (χ1v) is 45.2. The zero-order valence-electron chi connectivity index (χ0n) is 71.9. The summed E-state index contributed by atoms with van der Waals surface area (Å²) in [7, 11) is 0. The van der Waals surface area contributed by atoms with Crippen LogP contribution in [0.3, 0.4) is 0 Å². The number of hydrogen-bond donors (Lipinski definition) is 0. The quantitative estimate of drug-likeness (QED) is 0.108. The average molecular weight is 1670 g/mol. The monoisotopic (exact) mass is 1660 g/mol. The van der Waals surface area contributed by atoms with Crippen LogP contribution in [-0.2, 0) is 0 Å². The third-order valence-corrected chi connectivity index (χ3v) is 26.6. The van der Waals surface area contributed by atoms with E-state index in [0.29, 0.717) is 0 Å². The van der Waals surface area contributed by atoms with E-state index in [1.165, 1.54) is 236 Å². The molecule has 0 bridgehead atoms. The minimum atomic E-state index is 1.18. The van der Waals surface area contributed by atoms with Gasteiger partial charge in [-0.2, -0.15) is 0 Å². The molecule has 0 saturated carbocycles. The molecule has 3 aromatic heterocycles. The summed E-state index contributed by atoms with van der Waals surface area (Å²) in [6.07, 6.45) is 0. The lowest BCUT2D eigenvalue weighted by Gasteiger charge is -2.15. The maximum atomic E-state index is 2.37. The van der Waals surface area contributed by atoms with Gasteiger partial charge in [-0.3, -0.25) is 0 Å². The Morgan fingerprint density at radius 2 is 0.359 bits per heavy atom. The van der Waals surface area contributed by atoms with Crippen molar-refractivity contribution in [1.29, 1.82) is 0 Å². The summed E-state index contributed by atoms with van der Waals surface area (Å²) in [4.78, 5) is 0. The van der Waals surface area contributed by atoms with E-state index in [4.69, 9.17) is 0 Å². The first-order valence-electron chi connectivity index (χ1n) is 45.2. The fourth-order valence-corrected chi connectivity index (χ4v) is 20.3. The molecule has 0 radical (unpaired) electrons. The normalized spacial score (nSPS) is 11.5. The van der Waals surface area contributed by atoms with Crippen molar-refractivity contribution in [1.82, 2.24) is 13.7 Å². The second-order valence-corrected chi connectivity index (χ2v) is 34.1. The molecule has 26 aromatic rings. The van der Waals surface area contributed by atoms with Gasteiger partial charge in [0.25, 0.3) is 0 Å². The summed E-state index contributed by atoms with van der Waals surface area (Å²) in [5.74, 6) is 0. The lowest BCUT2D eigenvalue weighted by molar-refractivity contribution is 1.18. The van der Waals surface area contributed by atoms with Crippen LogP contribution in [0.25, 0.3) is 236 Å². The first kappa shape index (κ1) is 77.3. The number of para-hydroxylation sites is 6. The highest BCUT2D eigenvalue weighted by atomic mass is 15.0. The molecule has 3 heteroatoms. The fraction of sp³-hybridized carbons (Fsp3) is 0. The molecule has 0 aliphatic rings. The Morgan fingerprint density at radius 3 is 0.802 bits per heavy atom. The van der Waals surface area contributed by atoms with E-state index in [-0.39, 0.29) is 0 Å². The van der Waals surface area contributed by atoms with Crippen LogP contribution in [0.15, 0.2) is 516 Å². The third kappa shape index (κ3) is 14.1. The molecule has 131 heavy (non-hydrogen) atoms. The summed E-state index contributed by atoms with van der Waals surface area (Å²) >= 11 is 0. The highest BCUT2D eigenvalue weighted by molar-refractivity contribution is 6.18. The van der Waals surface area contributed by atoms with E-state index < -0.39 is 0 Å². The zero-order valence-corrected chi connectivity index (χ0v) is 71.9. The highest BCUT2D eigenvalue weighted by Gasteiger charge is 2.21. The molecule has 0 atom stereocenters. The van der Waals surface area contributed by atoms with Crippen LogP contribution in [0.4, 0.5) is 0 Å². The molecule has 0 fully saturated rings. The molecule has 26 rings (SSSR count). The molecule has 0 aliphatic carbocycles. The average Bonchev–Trinajstić information content (AvgIpc) is 1.65. The minimum Gasteiger partial charge on any atom is -0.309 e. The van der Waals surface area contributed by atoms with Gasteiger partial charge in [-0.25, -0.2) is 0 Å². The van der Waals surface area contributed by atoms with Crippen LogP contribution < -0.4 is 0 Å². The Bertz CT molecular complexity index is 8870. The molecule has 0 N–H and O–H groups in total. The standard InChI is InChI=1S/2C44H29N.C40H27N/c1-2-17-36(18-3-1)45-43-23-9-8-22-40(43)42-28-33(24-25-44(42)45)31-14-10-13-30(26-31)32-15-11-16-34(27-32)41-29-35-12-4-5-19-37(35)38-20-6-7-21-39(38)41;1-2-16-34(17-3-1)45-43-24-11-10-23-40(43)42-28-31(25-26-44(42)45)30-14-12-15-32(27-30)35-19-6-7-21-38(35)41-29-33-13-4-5-18-36(33)37-20-8-9-22-39(37)41;1-2-11-34(12-3-1)41-39-16-7-6-14-37(39)38-27-33(25-26-40(38)41)30-19-17-28(18-20-30)29-21-23-32(24-22-29)36-15-8-10-31-9-4-5-13-35(31)36/h2*1-29H;1-27H. The molecule has 3 heterocycles. The van der Waals surface area contributed by atoms with Gasteiger partial charge in [-0.05, 0) is 275 Å². The van der Waals surface area contributed by atoms with Gasteiger partial charge >= 0.3 is 0 Å². The van der Waals surface area contributed by atoms with Crippen LogP contribution in [0.1, 0.15) is 0 Å². The molecular weight excluding hydrogens is 1580 g/mol. The first-order chi connectivity index (χ1) is 65.0. The lowest BCUT2D eigenvalue weighted by Crippen LogP contribution is -1.92. The van der Waals surface area contributed by atoms with Crippen molar-refractivity contribution in [3.63, 3.8) is 0 Å². The Hall–Kier alpha value is -17.2. The molecule has 612 valence electrons. The van der Waals surface area contributed by atoms with E-state index in [2.05, 4.69) is 529 Å². The minimum absolute atomic E-state index is 1.18. The predicted octanol–water partition coefficient (Wildman–Crippen LogP) is 35.1. The van der Waals surface area contributed by atoms with Gasteiger partial charge in [0.05, 0.1) is 33.1 Å². The number of fused-ring (bicyclic) bond motifs is 16. The summed E-state index contributed by atoms with van der Waals surface area (Å²) in [6.45, 7) is 0. The van der Waals surface area contributed by atoms with Crippen LogP contribution in [0.5, 0.6) is 0 Å². The Kier molecular flexibility index (Phi) is 19.6. The topological polar surface area (TPSA) is 14.8 Å². The third-order valence-electron chi connectivity index (χ3n) is 26.6. The maximum absolute atomic E-state index is 2.37. The van der Waals surface area contributed by atoms with Crippen LogP contribution >= 0.6 is 0 Å². The van der Waals surface area contributed by atoms with Crippen LogP contribution in [0.2, 0.25) is 0 Å². The Morgan fingerprint density at radius 1 is 0.0992 bits per heavy atom. The smallest absolute Gasteiger partial charge is 0.0541 e. The molecule has 23 aromatic carbocycles. The fourth-order valence-electron chi connectivity index (χ4n) is 20.3. The summed E-state index contributed by atoms with van der Waals surface area (Å²) < 4.78 is 7.10. The number of nitrogens with zero attached hydrogens (tertiary/aromatic N) is 3. The van der Waals surface area contributed by atoms with Crippen LogP contribution in [0, 0.1) is 0 Å². The molecule has 0 aliphatic heterocycles. The van der Waals surface area contributed by atoms with Gasteiger partial charge < -0.3 is 13.7 Å². The zero-order chi connectivity index (χ0) is 86.7. The SMILES string of the molecule is c1ccc(-n2c3ccccc3c3cc(-c4ccc(-c5ccc(-c6cccc7ccccc67)cc5)cc4)ccc32)cc1.c1ccc(-n2c3ccccc3c3cc(-c4cccc(-c5cccc(-c6cc7ccccc7c7ccccc67)c5)c4)ccc32)cc1.c1ccc(-n2c3ccccc3c3cc(-c4cccc(-c5ccccc5-c5cc6ccccc6c6ccccc56)c4)ccc32)cc1. The summed E-state index contributed by atoms with van der Waals surface area (Å²) in [5.41, 5.74) is 33.0. The lowest BCUT2D eigenvalue weighted by atomic mass is 9.88. The van der Waals surface area contributed by atoms with Gasteiger partial charge in [0.15, 0.2) is 0 Å². The number of rotatable bonds is 12. The van der Waals surface area contributed by atoms with E-state index in [0.717, 1.165) is 0 Å². The largest absolute Gasteiger partial charge is 0.309 e. The summed E-state index contributed by atoms with van der Waals surface area (Å²) in [6, 6.07) is 187. The van der Waals surface area contributed by atoms with Gasteiger partial charge in [-0.15, -0.1) is 0 Å². The van der Waals surface area contributed by atoms with Crippen molar-refractivity contribution in [3.8, 4) is 117 Å². The van der Waals surface area contributed by atoms with Crippen molar-refractivity contribution in [3.05, 3.63) is 516 Å². The van der Waals surface area contributed by atoms with Crippen molar-refractivity contribution < 1.29 is 0 Å². The van der Waals surface area contributed by atoms with Crippen molar-refractivity contribution >= 4 is 119 Å². The molecule has 0 amide bonds. The predicted molar refractivity (Wildman–Crippen MR) is 559 cm³/mol. The van der Waals surface area contributed by atoms with Gasteiger partial charge in [-0.1, -0.05) is 394 Å².